The summed E-state index contributed by atoms with van der Waals surface area (Å²) in [6.45, 7) is 3.11. The largest absolute Gasteiger partial charge is 0.383 e. The van der Waals surface area contributed by atoms with Gasteiger partial charge in [0.15, 0.2) is 0 Å². The first-order chi connectivity index (χ1) is 9.62. The van der Waals surface area contributed by atoms with Gasteiger partial charge in [0, 0.05) is 27.0 Å². The summed E-state index contributed by atoms with van der Waals surface area (Å²) < 4.78 is 10.7. The first-order valence-corrected chi connectivity index (χ1v) is 6.83. The minimum Gasteiger partial charge on any atom is -0.383 e. The molecule has 1 aromatic rings. The van der Waals surface area contributed by atoms with E-state index in [0.29, 0.717) is 29.6 Å². The quantitative estimate of drug-likeness (QED) is 0.852. The Morgan fingerprint density at radius 1 is 1.55 bits per heavy atom. The van der Waals surface area contributed by atoms with Crippen molar-refractivity contribution in [3.8, 4) is 6.07 Å². The third-order valence-corrected chi connectivity index (χ3v) is 4.09. The van der Waals surface area contributed by atoms with Crippen molar-refractivity contribution in [2.24, 2.45) is 0 Å². The zero-order valence-electron chi connectivity index (χ0n) is 11.9. The zero-order valence-corrected chi connectivity index (χ0v) is 12.6. The van der Waals surface area contributed by atoms with E-state index < -0.39 is 0 Å². The molecule has 2 rings (SSSR count). The summed E-state index contributed by atoms with van der Waals surface area (Å²) in [6.07, 6.45) is 2.58. The molecule has 1 aromatic heterocycles. The van der Waals surface area contributed by atoms with Crippen LogP contribution in [0.2, 0.25) is 5.02 Å². The molecule has 20 heavy (non-hydrogen) atoms. The van der Waals surface area contributed by atoms with Crippen molar-refractivity contribution in [3.63, 3.8) is 0 Å². The Labute approximate surface area is 124 Å². The number of anilines is 1. The summed E-state index contributed by atoms with van der Waals surface area (Å²) >= 11 is 6.04. The Kier molecular flexibility index (Phi) is 4.81. The summed E-state index contributed by atoms with van der Waals surface area (Å²) in [7, 11) is 3.37. The smallest absolute Gasteiger partial charge is 0.147 e. The summed E-state index contributed by atoms with van der Waals surface area (Å²) in [5.41, 5.74) is 1.28. The third kappa shape index (κ3) is 2.73. The van der Waals surface area contributed by atoms with E-state index in [1.807, 2.05) is 6.92 Å². The van der Waals surface area contributed by atoms with Gasteiger partial charge in [-0.15, -0.1) is 0 Å². The monoisotopic (exact) mass is 295 g/mol. The molecule has 6 heteroatoms. The molecule has 0 N–H and O–H groups in total. The van der Waals surface area contributed by atoms with Crippen LogP contribution in [0.25, 0.3) is 0 Å². The second-order valence-corrected chi connectivity index (χ2v) is 5.30. The van der Waals surface area contributed by atoms with Crippen molar-refractivity contribution in [2.75, 3.05) is 32.3 Å². The molecule has 0 bridgehead atoms. The standard InChI is InChI=1S/C14H18ClN3O2/c1-9-12(5-16)14(17-6-13(9)15)18-7-11(20-3)4-10(18)8-19-2/h6,10-11H,4,7-8H2,1-3H3/t10-,11-/m0/s1. The topological polar surface area (TPSA) is 58.4 Å². The van der Waals surface area contributed by atoms with Crippen LogP contribution in [0, 0.1) is 18.3 Å². The van der Waals surface area contributed by atoms with Crippen LogP contribution in [0.3, 0.4) is 0 Å². The first kappa shape index (κ1) is 15.0. The zero-order chi connectivity index (χ0) is 14.7. The molecule has 0 spiro atoms. The predicted octanol–water partition coefficient (Wildman–Crippen LogP) is 2.16. The number of rotatable bonds is 4. The number of aromatic nitrogens is 1. The molecule has 1 aliphatic rings. The summed E-state index contributed by atoms with van der Waals surface area (Å²) in [5.74, 6) is 0.663. The summed E-state index contributed by atoms with van der Waals surface area (Å²) in [4.78, 5) is 6.44. The van der Waals surface area contributed by atoms with Crippen LogP contribution in [-0.4, -0.2) is 44.5 Å². The van der Waals surface area contributed by atoms with Gasteiger partial charge in [0.25, 0.3) is 0 Å². The molecule has 1 aliphatic heterocycles. The maximum atomic E-state index is 9.39. The fourth-order valence-corrected chi connectivity index (χ4v) is 2.72. The van der Waals surface area contributed by atoms with Gasteiger partial charge < -0.3 is 14.4 Å². The molecule has 0 amide bonds. The normalized spacial score (nSPS) is 22.1. The maximum Gasteiger partial charge on any atom is 0.147 e. The Morgan fingerprint density at radius 3 is 2.90 bits per heavy atom. The fourth-order valence-electron chi connectivity index (χ4n) is 2.57. The van der Waals surface area contributed by atoms with Gasteiger partial charge in [-0.2, -0.15) is 5.26 Å². The second-order valence-electron chi connectivity index (χ2n) is 4.90. The molecule has 0 saturated carbocycles. The van der Waals surface area contributed by atoms with E-state index in [9.17, 15) is 5.26 Å². The fraction of sp³-hybridized carbons (Fsp3) is 0.571. The number of pyridine rings is 1. The number of halogens is 1. The van der Waals surface area contributed by atoms with Crippen molar-refractivity contribution in [3.05, 3.63) is 22.3 Å². The molecule has 1 fully saturated rings. The molecule has 0 aromatic carbocycles. The SMILES string of the molecule is COC[C@@H]1C[C@H](OC)CN1c1ncc(Cl)c(C)c1C#N. The lowest BCUT2D eigenvalue weighted by Gasteiger charge is -2.26. The molecule has 2 atom stereocenters. The molecule has 0 unspecified atom stereocenters. The van der Waals surface area contributed by atoms with Gasteiger partial charge in [-0.25, -0.2) is 4.98 Å². The molecule has 5 nitrogen and oxygen atoms in total. The van der Waals surface area contributed by atoms with Crippen LogP contribution in [0.4, 0.5) is 5.82 Å². The molecule has 2 heterocycles. The molecule has 1 saturated heterocycles. The lowest BCUT2D eigenvalue weighted by atomic mass is 10.1. The van der Waals surface area contributed by atoms with Crippen molar-refractivity contribution in [1.82, 2.24) is 4.98 Å². The molecular formula is C14H18ClN3O2. The number of nitrogens with zero attached hydrogens (tertiary/aromatic N) is 3. The lowest BCUT2D eigenvalue weighted by Crippen LogP contribution is -2.34. The van der Waals surface area contributed by atoms with Gasteiger partial charge in [-0.05, 0) is 18.9 Å². The highest BCUT2D eigenvalue weighted by atomic mass is 35.5. The minimum atomic E-state index is 0.125. The van der Waals surface area contributed by atoms with E-state index in [1.54, 1.807) is 20.4 Å². The number of hydrogen-bond donors (Lipinski definition) is 0. The van der Waals surface area contributed by atoms with Crippen molar-refractivity contribution in [2.45, 2.75) is 25.5 Å². The molecule has 0 aliphatic carbocycles. The van der Waals surface area contributed by atoms with Gasteiger partial charge in [0.1, 0.15) is 11.9 Å². The van der Waals surface area contributed by atoms with Gasteiger partial charge in [-0.3, -0.25) is 0 Å². The van der Waals surface area contributed by atoms with Gasteiger partial charge in [-0.1, -0.05) is 11.6 Å². The van der Waals surface area contributed by atoms with E-state index in [0.717, 1.165) is 12.0 Å². The van der Waals surface area contributed by atoms with Crippen LogP contribution in [0.1, 0.15) is 17.5 Å². The average molecular weight is 296 g/mol. The van der Waals surface area contributed by atoms with E-state index in [4.69, 9.17) is 21.1 Å². The predicted molar refractivity (Wildman–Crippen MR) is 77.1 cm³/mol. The number of nitriles is 1. The molecule has 108 valence electrons. The van der Waals surface area contributed by atoms with Crippen LogP contribution in [0.5, 0.6) is 0 Å². The number of methoxy groups -OCH3 is 2. The third-order valence-electron chi connectivity index (χ3n) is 3.71. The Hall–Kier alpha value is -1.35. The first-order valence-electron chi connectivity index (χ1n) is 6.45. The van der Waals surface area contributed by atoms with Crippen LogP contribution in [0.15, 0.2) is 6.20 Å². The van der Waals surface area contributed by atoms with Crippen molar-refractivity contribution >= 4 is 17.4 Å². The van der Waals surface area contributed by atoms with E-state index in [1.165, 1.54) is 0 Å². The van der Waals surface area contributed by atoms with Crippen LogP contribution >= 0.6 is 11.6 Å². The highest BCUT2D eigenvalue weighted by molar-refractivity contribution is 6.31. The van der Waals surface area contributed by atoms with E-state index in [-0.39, 0.29) is 12.1 Å². The Balaban J connectivity index is 2.39. The number of hydrogen-bond acceptors (Lipinski definition) is 5. The Bertz CT molecular complexity index is 530. The molecular weight excluding hydrogens is 278 g/mol. The Morgan fingerprint density at radius 2 is 2.30 bits per heavy atom. The van der Waals surface area contributed by atoms with E-state index >= 15 is 0 Å². The summed E-state index contributed by atoms with van der Waals surface area (Å²) in [6, 6.07) is 2.36. The molecule has 0 radical (unpaired) electrons. The van der Waals surface area contributed by atoms with Crippen molar-refractivity contribution < 1.29 is 9.47 Å². The highest BCUT2D eigenvalue weighted by Gasteiger charge is 2.34. The lowest BCUT2D eigenvalue weighted by molar-refractivity contribution is 0.111. The number of ether oxygens (including phenoxy) is 2. The van der Waals surface area contributed by atoms with Crippen LogP contribution in [-0.2, 0) is 9.47 Å². The van der Waals surface area contributed by atoms with Crippen molar-refractivity contribution in [1.29, 1.82) is 5.26 Å². The van der Waals surface area contributed by atoms with Crippen LogP contribution < -0.4 is 4.90 Å². The minimum absolute atomic E-state index is 0.125. The highest BCUT2D eigenvalue weighted by Crippen LogP contribution is 2.31. The van der Waals surface area contributed by atoms with Gasteiger partial charge >= 0.3 is 0 Å². The summed E-state index contributed by atoms with van der Waals surface area (Å²) in [5, 5.41) is 9.90. The second kappa shape index (κ2) is 6.40. The maximum absolute atomic E-state index is 9.39. The average Bonchev–Trinajstić information content (AvgIpc) is 2.85. The van der Waals surface area contributed by atoms with E-state index in [2.05, 4.69) is 16.0 Å². The van der Waals surface area contributed by atoms with Gasteiger partial charge in [0.2, 0.25) is 0 Å². The van der Waals surface area contributed by atoms with Gasteiger partial charge in [0.05, 0.1) is 29.3 Å².